The number of carbonyl (C=O) groups is 1. The standard InChI is InChI=1S/C9H18N2O/c1-4-5-6-7-11-9(2,3)8(10)12/h4,11H,1,5-7H2,2-3H3,(H2,10,12). The molecule has 0 spiro atoms. The molecule has 0 aliphatic heterocycles. The second-order valence-electron chi connectivity index (χ2n) is 3.35. The van der Waals surface area contributed by atoms with Gasteiger partial charge in [-0.1, -0.05) is 6.08 Å². The molecule has 0 aromatic carbocycles. The summed E-state index contributed by atoms with van der Waals surface area (Å²) in [5, 5.41) is 3.07. The molecule has 0 saturated carbocycles. The molecule has 0 aromatic rings. The van der Waals surface area contributed by atoms with Crippen molar-refractivity contribution in [1.29, 1.82) is 0 Å². The Bertz CT molecular complexity index is 164. The Kier molecular flexibility index (Phi) is 4.59. The Hall–Kier alpha value is -0.830. The zero-order chi connectivity index (χ0) is 9.61. The van der Waals surface area contributed by atoms with Crippen LogP contribution in [0.3, 0.4) is 0 Å². The number of unbranched alkanes of at least 4 members (excludes halogenated alkanes) is 1. The summed E-state index contributed by atoms with van der Waals surface area (Å²) in [6.07, 6.45) is 3.81. The van der Waals surface area contributed by atoms with Gasteiger partial charge in [-0.15, -0.1) is 6.58 Å². The van der Waals surface area contributed by atoms with Crippen LogP contribution in [0.25, 0.3) is 0 Å². The fraction of sp³-hybridized carbons (Fsp3) is 0.667. The van der Waals surface area contributed by atoms with Gasteiger partial charge in [0.15, 0.2) is 0 Å². The number of hydrogen-bond donors (Lipinski definition) is 2. The molecule has 3 heteroatoms. The fourth-order valence-corrected chi connectivity index (χ4v) is 0.734. The van der Waals surface area contributed by atoms with E-state index in [9.17, 15) is 4.79 Å². The lowest BCUT2D eigenvalue weighted by atomic mass is 10.1. The molecule has 70 valence electrons. The van der Waals surface area contributed by atoms with Crippen LogP contribution >= 0.6 is 0 Å². The van der Waals surface area contributed by atoms with Crippen molar-refractivity contribution >= 4 is 5.91 Å². The van der Waals surface area contributed by atoms with Crippen molar-refractivity contribution in [3.05, 3.63) is 12.7 Å². The SMILES string of the molecule is C=CCCCNC(C)(C)C(N)=O. The van der Waals surface area contributed by atoms with Crippen LogP contribution < -0.4 is 11.1 Å². The predicted octanol–water partition coefficient (Wildman–Crippen LogP) is 0.806. The van der Waals surface area contributed by atoms with Crippen molar-refractivity contribution in [2.45, 2.75) is 32.2 Å². The van der Waals surface area contributed by atoms with E-state index in [-0.39, 0.29) is 5.91 Å². The van der Waals surface area contributed by atoms with Crippen LogP contribution in [0.5, 0.6) is 0 Å². The largest absolute Gasteiger partial charge is 0.368 e. The van der Waals surface area contributed by atoms with Crippen molar-refractivity contribution in [3.63, 3.8) is 0 Å². The third kappa shape index (κ3) is 4.13. The molecular weight excluding hydrogens is 152 g/mol. The van der Waals surface area contributed by atoms with Crippen LogP contribution in [0.2, 0.25) is 0 Å². The first kappa shape index (κ1) is 11.2. The average Bonchev–Trinajstić information content (AvgIpc) is 1.98. The molecule has 0 unspecified atom stereocenters. The summed E-state index contributed by atoms with van der Waals surface area (Å²) in [7, 11) is 0. The van der Waals surface area contributed by atoms with E-state index in [4.69, 9.17) is 5.73 Å². The van der Waals surface area contributed by atoms with Gasteiger partial charge in [0.25, 0.3) is 0 Å². The number of allylic oxidation sites excluding steroid dienone is 1. The second-order valence-corrected chi connectivity index (χ2v) is 3.35. The Labute approximate surface area is 74.0 Å². The Morgan fingerprint density at radius 2 is 2.25 bits per heavy atom. The molecule has 3 N–H and O–H groups in total. The van der Waals surface area contributed by atoms with Gasteiger partial charge in [-0.2, -0.15) is 0 Å². The zero-order valence-corrected chi connectivity index (χ0v) is 7.89. The van der Waals surface area contributed by atoms with Crippen LogP contribution in [0.1, 0.15) is 26.7 Å². The normalized spacial score (nSPS) is 11.2. The molecule has 0 radical (unpaired) electrons. The minimum absolute atomic E-state index is 0.318. The summed E-state index contributed by atoms with van der Waals surface area (Å²) < 4.78 is 0. The fourth-order valence-electron chi connectivity index (χ4n) is 0.734. The number of nitrogens with one attached hydrogen (secondary N) is 1. The molecule has 0 atom stereocenters. The molecule has 0 bridgehead atoms. The summed E-state index contributed by atoms with van der Waals surface area (Å²) in [6, 6.07) is 0. The number of hydrogen-bond acceptors (Lipinski definition) is 2. The van der Waals surface area contributed by atoms with Crippen LogP contribution in [0, 0.1) is 0 Å². The van der Waals surface area contributed by atoms with E-state index in [0.29, 0.717) is 0 Å². The monoisotopic (exact) mass is 170 g/mol. The highest BCUT2D eigenvalue weighted by molar-refractivity contribution is 5.83. The number of nitrogens with two attached hydrogens (primary N) is 1. The number of amides is 1. The third-order valence-corrected chi connectivity index (χ3v) is 1.77. The second kappa shape index (κ2) is 4.93. The first-order chi connectivity index (χ1) is 5.50. The van der Waals surface area contributed by atoms with E-state index in [0.717, 1.165) is 19.4 Å². The van der Waals surface area contributed by atoms with Crippen molar-refractivity contribution in [2.75, 3.05) is 6.54 Å². The summed E-state index contributed by atoms with van der Waals surface area (Å²) in [4.78, 5) is 10.8. The summed E-state index contributed by atoms with van der Waals surface area (Å²) >= 11 is 0. The molecular formula is C9H18N2O. The van der Waals surface area contributed by atoms with E-state index in [1.54, 1.807) is 13.8 Å². The lowest BCUT2D eigenvalue weighted by Crippen LogP contribution is -2.50. The van der Waals surface area contributed by atoms with E-state index in [2.05, 4.69) is 11.9 Å². The molecule has 3 nitrogen and oxygen atoms in total. The van der Waals surface area contributed by atoms with Crippen molar-refractivity contribution in [3.8, 4) is 0 Å². The van der Waals surface area contributed by atoms with Gasteiger partial charge in [0.2, 0.25) is 5.91 Å². The molecule has 0 fully saturated rings. The molecule has 1 amide bonds. The smallest absolute Gasteiger partial charge is 0.237 e. The van der Waals surface area contributed by atoms with Gasteiger partial charge in [-0.05, 0) is 33.2 Å². The van der Waals surface area contributed by atoms with Crippen LogP contribution in [-0.4, -0.2) is 18.0 Å². The predicted molar refractivity (Wildman–Crippen MR) is 50.7 cm³/mol. The Morgan fingerprint density at radius 1 is 1.67 bits per heavy atom. The summed E-state index contributed by atoms with van der Waals surface area (Å²) in [6.45, 7) is 7.97. The van der Waals surface area contributed by atoms with Gasteiger partial charge in [0, 0.05) is 0 Å². The number of primary amides is 1. The van der Waals surface area contributed by atoms with Crippen molar-refractivity contribution < 1.29 is 4.79 Å². The van der Waals surface area contributed by atoms with E-state index >= 15 is 0 Å². The first-order valence-corrected chi connectivity index (χ1v) is 4.16. The number of carbonyl (C=O) groups excluding carboxylic acids is 1. The van der Waals surface area contributed by atoms with E-state index in [1.807, 2.05) is 6.08 Å². The highest BCUT2D eigenvalue weighted by Crippen LogP contribution is 2.00. The maximum absolute atomic E-state index is 10.8. The van der Waals surface area contributed by atoms with Gasteiger partial charge < -0.3 is 11.1 Å². The molecule has 0 heterocycles. The Morgan fingerprint density at radius 3 is 2.67 bits per heavy atom. The summed E-state index contributed by atoms with van der Waals surface area (Å²) in [5.41, 5.74) is 4.57. The molecule has 0 aromatic heterocycles. The minimum Gasteiger partial charge on any atom is -0.368 e. The van der Waals surface area contributed by atoms with Crippen LogP contribution in [0.15, 0.2) is 12.7 Å². The van der Waals surface area contributed by atoms with Gasteiger partial charge >= 0.3 is 0 Å². The highest BCUT2D eigenvalue weighted by Gasteiger charge is 2.22. The van der Waals surface area contributed by atoms with E-state index in [1.165, 1.54) is 0 Å². The zero-order valence-electron chi connectivity index (χ0n) is 7.89. The molecule has 0 saturated heterocycles. The molecule has 0 rings (SSSR count). The minimum atomic E-state index is -0.596. The lowest BCUT2D eigenvalue weighted by Gasteiger charge is -2.21. The first-order valence-electron chi connectivity index (χ1n) is 4.16. The maximum Gasteiger partial charge on any atom is 0.237 e. The average molecular weight is 170 g/mol. The summed E-state index contributed by atoms with van der Waals surface area (Å²) in [5.74, 6) is -0.318. The molecule has 0 aliphatic rings. The third-order valence-electron chi connectivity index (χ3n) is 1.77. The van der Waals surface area contributed by atoms with Gasteiger partial charge in [-0.3, -0.25) is 4.79 Å². The molecule has 12 heavy (non-hydrogen) atoms. The quantitative estimate of drug-likeness (QED) is 0.458. The topological polar surface area (TPSA) is 55.1 Å². The van der Waals surface area contributed by atoms with Crippen LogP contribution in [0.4, 0.5) is 0 Å². The lowest BCUT2D eigenvalue weighted by molar-refractivity contribution is -0.123. The van der Waals surface area contributed by atoms with Crippen molar-refractivity contribution in [2.24, 2.45) is 5.73 Å². The van der Waals surface area contributed by atoms with E-state index < -0.39 is 5.54 Å². The van der Waals surface area contributed by atoms with Gasteiger partial charge in [0.05, 0.1) is 5.54 Å². The highest BCUT2D eigenvalue weighted by atomic mass is 16.1. The molecule has 0 aliphatic carbocycles. The van der Waals surface area contributed by atoms with Crippen LogP contribution in [-0.2, 0) is 4.79 Å². The number of rotatable bonds is 6. The Balaban J connectivity index is 3.61. The van der Waals surface area contributed by atoms with Crippen molar-refractivity contribution in [1.82, 2.24) is 5.32 Å². The van der Waals surface area contributed by atoms with Gasteiger partial charge in [-0.25, -0.2) is 0 Å². The van der Waals surface area contributed by atoms with Gasteiger partial charge in [0.1, 0.15) is 0 Å². The maximum atomic E-state index is 10.8.